The molecule has 0 bridgehead atoms. The second-order valence-corrected chi connectivity index (χ2v) is 8.07. The van der Waals surface area contributed by atoms with Gasteiger partial charge in [0.2, 0.25) is 23.5 Å². The summed E-state index contributed by atoms with van der Waals surface area (Å²) < 4.78 is 5.33. The first kappa shape index (κ1) is 21.7. The molecule has 0 radical (unpaired) electrons. The van der Waals surface area contributed by atoms with Crippen LogP contribution in [0.15, 0.2) is 59.1 Å². The Labute approximate surface area is 187 Å². The van der Waals surface area contributed by atoms with Crippen molar-refractivity contribution in [2.24, 2.45) is 5.92 Å². The summed E-state index contributed by atoms with van der Waals surface area (Å²) in [5, 5.41) is 7.00. The van der Waals surface area contributed by atoms with E-state index in [4.69, 9.17) is 4.52 Å². The molecule has 1 fully saturated rings. The highest BCUT2D eigenvalue weighted by Gasteiger charge is 2.27. The fourth-order valence-electron chi connectivity index (χ4n) is 3.89. The van der Waals surface area contributed by atoms with E-state index in [1.807, 2.05) is 47.4 Å². The minimum Gasteiger partial charge on any atom is -0.343 e. The molecule has 0 unspecified atom stereocenters. The van der Waals surface area contributed by atoms with E-state index in [0.717, 1.165) is 17.7 Å². The van der Waals surface area contributed by atoms with Gasteiger partial charge in [-0.05, 0) is 37.0 Å². The number of carbonyl (C=O) groups excluding carboxylic acids is 2. The van der Waals surface area contributed by atoms with Crippen LogP contribution in [0, 0.1) is 5.92 Å². The Kier molecular flexibility index (Phi) is 6.94. The topological polar surface area (TPSA) is 88.3 Å². The summed E-state index contributed by atoms with van der Waals surface area (Å²) in [5.41, 5.74) is 2.96. The molecule has 0 atom stereocenters. The molecule has 2 amide bonds. The van der Waals surface area contributed by atoms with Crippen molar-refractivity contribution in [2.45, 2.75) is 39.0 Å². The molecule has 2 aromatic carbocycles. The van der Waals surface area contributed by atoms with Gasteiger partial charge in [0.25, 0.3) is 0 Å². The lowest BCUT2D eigenvalue weighted by atomic mass is 9.95. The van der Waals surface area contributed by atoms with Gasteiger partial charge in [-0.1, -0.05) is 54.5 Å². The van der Waals surface area contributed by atoms with Crippen molar-refractivity contribution in [1.29, 1.82) is 0 Å². The summed E-state index contributed by atoms with van der Waals surface area (Å²) in [7, 11) is 0. The first-order chi connectivity index (χ1) is 15.6. The maximum absolute atomic E-state index is 12.6. The summed E-state index contributed by atoms with van der Waals surface area (Å²) in [6, 6.07) is 17.5. The monoisotopic (exact) mass is 432 g/mol. The molecule has 1 aliphatic rings. The van der Waals surface area contributed by atoms with Gasteiger partial charge in [0.15, 0.2) is 0 Å². The predicted molar refractivity (Wildman–Crippen MR) is 122 cm³/mol. The fraction of sp³-hybridized carbons (Fsp3) is 0.360. The van der Waals surface area contributed by atoms with Crippen molar-refractivity contribution in [3.05, 3.63) is 66.1 Å². The van der Waals surface area contributed by atoms with Gasteiger partial charge < -0.3 is 14.7 Å². The van der Waals surface area contributed by atoms with E-state index < -0.39 is 0 Å². The Morgan fingerprint density at radius 2 is 1.78 bits per heavy atom. The number of nitrogens with one attached hydrogen (secondary N) is 1. The lowest BCUT2D eigenvalue weighted by Gasteiger charge is -2.31. The maximum atomic E-state index is 12.6. The highest BCUT2D eigenvalue weighted by molar-refractivity contribution is 5.92. The molecule has 7 heteroatoms. The number of hydrogen-bond acceptors (Lipinski definition) is 5. The Hall–Kier alpha value is -3.48. The standard InChI is InChI=1S/C25H28N4O3/c1-2-18-8-10-19(11-9-18)24-27-22(32-28-24)12-13-23(30)29-16-14-20(15-17-29)25(31)26-21-6-4-3-5-7-21/h3-11,20H,2,12-17H2,1H3,(H,26,31). The first-order valence-electron chi connectivity index (χ1n) is 11.2. The van der Waals surface area contributed by atoms with Crippen LogP contribution in [0.4, 0.5) is 5.69 Å². The molecule has 0 saturated carbocycles. The number of amides is 2. The Bertz CT molecular complexity index is 1040. The van der Waals surface area contributed by atoms with E-state index in [9.17, 15) is 9.59 Å². The smallest absolute Gasteiger partial charge is 0.227 e. The van der Waals surface area contributed by atoms with Crippen LogP contribution in [0.2, 0.25) is 0 Å². The highest BCUT2D eigenvalue weighted by atomic mass is 16.5. The molecule has 166 valence electrons. The number of hydrogen-bond donors (Lipinski definition) is 1. The highest BCUT2D eigenvalue weighted by Crippen LogP contribution is 2.21. The minimum atomic E-state index is -0.0724. The number of anilines is 1. The van der Waals surface area contributed by atoms with E-state index in [1.54, 1.807) is 0 Å². The van der Waals surface area contributed by atoms with E-state index >= 15 is 0 Å². The zero-order valence-electron chi connectivity index (χ0n) is 18.3. The van der Waals surface area contributed by atoms with Crippen LogP contribution in [-0.4, -0.2) is 39.9 Å². The third-order valence-corrected chi connectivity index (χ3v) is 5.90. The Morgan fingerprint density at radius 3 is 2.47 bits per heavy atom. The van der Waals surface area contributed by atoms with Gasteiger partial charge in [-0.25, -0.2) is 0 Å². The van der Waals surface area contributed by atoms with E-state index in [0.29, 0.717) is 50.5 Å². The number of likely N-dealkylation sites (tertiary alicyclic amines) is 1. The maximum Gasteiger partial charge on any atom is 0.227 e. The molecule has 7 nitrogen and oxygen atoms in total. The fourth-order valence-corrected chi connectivity index (χ4v) is 3.89. The third-order valence-electron chi connectivity index (χ3n) is 5.90. The summed E-state index contributed by atoms with van der Waals surface area (Å²) in [6.07, 6.45) is 3.05. The minimum absolute atomic E-state index is 0.0219. The Balaban J connectivity index is 1.23. The summed E-state index contributed by atoms with van der Waals surface area (Å²) in [5.74, 6) is 1.01. The number of benzene rings is 2. The van der Waals surface area contributed by atoms with Crippen LogP contribution in [0.25, 0.3) is 11.4 Å². The van der Waals surface area contributed by atoms with Crippen LogP contribution >= 0.6 is 0 Å². The molecule has 3 aromatic rings. The second kappa shape index (κ2) is 10.2. The van der Waals surface area contributed by atoms with Crippen LogP contribution < -0.4 is 5.32 Å². The van der Waals surface area contributed by atoms with Gasteiger partial charge in [0.1, 0.15) is 0 Å². The van der Waals surface area contributed by atoms with Gasteiger partial charge in [0.05, 0.1) is 0 Å². The van der Waals surface area contributed by atoms with Crippen LogP contribution in [0.5, 0.6) is 0 Å². The number of rotatable bonds is 7. The summed E-state index contributed by atoms with van der Waals surface area (Å²) >= 11 is 0. The Morgan fingerprint density at radius 1 is 1.06 bits per heavy atom. The number of aryl methyl sites for hydroxylation is 2. The molecule has 4 rings (SSSR count). The van der Waals surface area contributed by atoms with Crippen molar-refractivity contribution in [3.8, 4) is 11.4 Å². The zero-order valence-corrected chi connectivity index (χ0v) is 18.3. The number of nitrogens with zero attached hydrogens (tertiary/aromatic N) is 3. The molecule has 0 spiro atoms. The average Bonchev–Trinajstić information content (AvgIpc) is 3.32. The predicted octanol–water partition coefficient (Wildman–Crippen LogP) is 4.11. The lowest BCUT2D eigenvalue weighted by Crippen LogP contribution is -2.41. The lowest BCUT2D eigenvalue weighted by molar-refractivity contribution is -0.134. The van der Waals surface area contributed by atoms with Gasteiger partial charge in [-0.3, -0.25) is 9.59 Å². The summed E-state index contributed by atoms with van der Waals surface area (Å²) in [4.78, 5) is 31.3. The molecule has 32 heavy (non-hydrogen) atoms. The number of para-hydroxylation sites is 1. The molecule has 0 aliphatic carbocycles. The molecular formula is C25H28N4O3. The van der Waals surface area contributed by atoms with Crippen molar-refractivity contribution in [2.75, 3.05) is 18.4 Å². The van der Waals surface area contributed by atoms with Crippen LogP contribution in [0.1, 0.15) is 37.6 Å². The van der Waals surface area contributed by atoms with Crippen molar-refractivity contribution >= 4 is 17.5 Å². The third kappa shape index (κ3) is 5.41. The van der Waals surface area contributed by atoms with Gasteiger partial charge in [-0.15, -0.1) is 0 Å². The number of aromatic nitrogens is 2. The van der Waals surface area contributed by atoms with Crippen molar-refractivity contribution in [1.82, 2.24) is 15.0 Å². The SMILES string of the molecule is CCc1ccc(-c2noc(CCC(=O)N3CCC(C(=O)Nc4ccccc4)CC3)n2)cc1. The normalized spacial score (nSPS) is 14.3. The van der Waals surface area contributed by atoms with Gasteiger partial charge in [-0.2, -0.15) is 4.98 Å². The average molecular weight is 433 g/mol. The first-order valence-corrected chi connectivity index (χ1v) is 11.2. The largest absolute Gasteiger partial charge is 0.343 e. The van der Waals surface area contributed by atoms with Gasteiger partial charge in [0, 0.05) is 43.1 Å². The van der Waals surface area contributed by atoms with E-state index in [-0.39, 0.29) is 17.7 Å². The molecular weight excluding hydrogens is 404 g/mol. The number of carbonyl (C=O) groups is 2. The zero-order chi connectivity index (χ0) is 22.3. The van der Waals surface area contributed by atoms with Gasteiger partial charge >= 0.3 is 0 Å². The van der Waals surface area contributed by atoms with Crippen LogP contribution in [0.3, 0.4) is 0 Å². The molecule has 1 aromatic heterocycles. The second-order valence-electron chi connectivity index (χ2n) is 8.07. The van der Waals surface area contributed by atoms with E-state index in [2.05, 4.69) is 34.5 Å². The number of piperidine rings is 1. The quantitative estimate of drug-likeness (QED) is 0.607. The van der Waals surface area contributed by atoms with Crippen molar-refractivity contribution in [3.63, 3.8) is 0 Å². The molecule has 1 N–H and O–H groups in total. The van der Waals surface area contributed by atoms with E-state index in [1.165, 1.54) is 5.56 Å². The molecule has 1 saturated heterocycles. The molecule has 2 heterocycles. The summed E-state index contributed by atoms with van der Waals surface area (Å²) in [6.45, 7) is 3.29. The van der Waals surface area contributed by atoms with Crippen LogP contribution in [-0.2, 0) is 22.4 Å². The molecule has 1 aliphatic heterocycles. The van der Waals surface area contributed by atoms with Crippen molar-refractivity contribution < 1.29 is 14.1 Å².